The van der Waals surface area contributed by atoms with E-state index in [9.17, 15) is 4.79 Å². The summed E-state index contributed by atoms with van der Waals surface area (Å²) >= 11 is 0. The normalized spacial score (nSPS) is 11.3. The Balaban J connectivity index is 2.19. The molecule has 0 saturated carbocycles. The first-order chi connectivity index (χ1) is 9.58. The number of carboxylic acids is 1. The minimum atomic E-state index is -0.741. The molecule has 4 nitrogen and oxygen atoms in total. The first-order valence-corrected chi connectivity index (χ1v) is 7.01. The van der Waals surface area contributed by atoms with E-state index in [4.69, 9.17) is 5.11 Å². The predicted octanol–water partition coefficient (Wildman–Crippen LogP) is 2.61. The van der Waals surface area contributed by atoms with Crippen molar-refractivity contribution in [2.45, 2.75) is 25.8 Å². The van der Waals surface area contributed by atoms with Gasteiger partial charge in [-0.2, -0.15) is 0 Å². The number of hydrogen-bond donors (Lipinski definition) is 1. The smallest absolute Gasteiger partial charge is 0.303 e. The summed E-state index contributed by atoms with van der Waals surface area (Å²) in [5, 5.41) is 10.0. The Morgan fingerprint density at radius 3 is 2.75 bits per heavy atom. The van der Waals surface area contributed by atoms with Gasteiger partial charge in [-0.25, -0.2) is 0 Å². The van der Waals surface area contributed by atoms with Crippen molar-refractivity contribution in [1.82, 2.24) is 9.47 Å². The van der Waals surface area contributed by atoms with E-state index in [1.54, 1.807) is 0 Å². The van der Waals surface area contributed by atoms with Gasteiger partial charge in [-0.15, -0.1) is 0 Å². The van der Waals surface area contributed by atoms with Gasteiger partial charge in [-0.1, -0.05) is 18.2 Å². The SMILES string of the molecule is CN(C)CCCn1cc(CCC(=O)O)c2ccccc21. The summed E-state index contributed by atoms with van der Waals surface area (Å²) in [5.74, 6) is -0.741. The van der Waals surface area contributed by atoms with Gasteiger partial charge in [0.2, 0.25) is 0 Å². The van der Waals surface area contributed by atoms with Crippen LogP contribution in [0.15, 0.2) is 30.5 Å². The molecule has 0 atom stereocenters. The highest BCUT2D eigenvalue weighted by Gasteiger charge is 2.09. The van der Waals surface area contributed by atoms with Crippen molar-refractivity contribution >= 4 is 16.9 Å². The van der Waals surface area contributed by atoms with Crippen LogP contribution in [-0.4, -0.2) is 41.2 Å². The standard InChI is InChI=1S/C16H22N2O2/c1-17(2)10-5-11-18-12-13(8-9-16(19)20)14-6-3-4-7-15(14)18/h3-4,6-7,12H,5,8-11H2,1-2H3,(H,19,20). The fraction of sp³-hybridized carbons (Fsp3) is 0.438. The Morgan fingerprint density at radius 2 is 2.05 bits per heavy atom. The van der Waals surface area contributed by atoms with Crippen molar-refractivity contribution < 1.29 is 9.90 Å². The molecule has 2 rings (SSSR count). The van der Waals surface area contributed by atoms with Crippen LogP contribution in [0, 0.1) is 0 Å². The number of aryl methyl sites for hydroxylation is 2. The molecule has 0 aliphatic heterocycles. The first-order valence-electron chi connectivity index (χ1n) is 7.01. The molecule has 0 amide bonds. The number of nitrogens with zero attached hydrogens (tertiary/aromatic N) is 2. The van der Waals surface area contributed by atoms with Crippen LogP contribution < -0.4 is 0 Å². The molecule has 0 fully saturated rings. The second-order valence-electron chi connectivity index (χ2n) is 5.42. The second-order valence-corrected chi connectivity index (χ2v) is 5.42. The lowest BCUT2D eigenvalue weighted by Crippen LogP contribution is -2.14. The second kappa shape index (κ2) is 6.57. The molecule has 0 aliphatic carbocycles. The topological polar surface area (TPSA) is 45.5 Å². The molecule has 108 valence electrons. The molecule has 4 heteroatoms. The largest absolute Gasteiger partial charge is 0.481 e. The summed E-state index contributed by atoms with van der Waals surface area (Å²) in [6.45, 7) is 2.02. The van der Waals surface area contributed by atoms with Crippen molar-refractivity contribution in [3.05, 3.63) is 36.0 Å². The van der Waals surface area contributed by atoms with Gasteiger partial charge < -0.3 is 14.6 Å². The Hall–Kier alpha value is -1.81. The Morgan fingerprint density at radius 1 is 1.30 bits per heavy atom. The van der Waals surface area contributed by atoms with E-state index in [2.05, 4.69) is 41.9 Å². The summed E-state index contributed by atoms with van der Waals surface area (Å²) in [6, 6.07) is 8.23. The van der Waals surface area contributed by atoms with Crippen LogP contribution >= 0.6 is 0 Å². The number of hydrogen-bond acceptors (Lipinski definition) is 2. The lowest BCUT2D eigenvalue weighted by Gasteiger charge is -2.10. The van der Waals surface area contributed by atoms with E-state index in [0.29, 0.717) is 6.42 Å². The molecule has 20 heavy (non-hydrogen) atoms. The molecule has 0 unspecified atom stereocenters. The quantitative estimate of drug-likeness (QED) is 0.844. The van der Waals surface area contributed by atoms with Crippen LogP contribution in [0.2, 0.25) is 0 Å². The third-order valence-electron chi connectivity index (χ3n) is 3.48. The van der Waals surface area contributed by atoms with Crippen molar-refractivity contribution in [2.75, 3.05) is 20.6 Å². The van der Waals surface area contributed by atoms with E-state index >= 15 is 0 Å². The lowest BCUT2D eigenvalue weighted by atomic mass is 10.1. The molecule has 1 N–H and O–H groups in total. The Kier molecular flexibility index (Phi) is 4.79. The van der Waals surface area contributed by atoms with Gasteiger partial charge in [0.25, 0.3) is 0 Å². The zero-order chi connectivity index (χ0) is 14.5. The summed E-state index contributed by atoms with van der Waals surface area (Å²) in [6.07, 6.45) is 3.98. The maximum absolute atomic E-state index is 10.8. The van der Waals surface area contributed by atoms with Crippen molar-refractivity contribution in [3.8, 4) is 0 Å². The number of carboxylic acid groups (broad SMARTS) is 1. The lowest BCUT2D eigenvalue weighted by molar-refractivity contribution is -0.136. The van der Waals surface area contributed by atoms with Crippen molar-refractivity contribution in [1.29, 1.82) is 0 Å². The van der Waals surface area contributed by atoms with Gasteiger partial charge in [0.1, 0.15) is 0 Å². The number of aromatic nitrogens is 1. The van der Waals surface area contributed by atoms with E-state index < -0.39 is 5.97 Å². The summed E-state index contributed by atoms with van der Waals surface area (Å²) < 4.78 is 2.25. The molecular formula is C16H22N2O2. The highest BCUT2D eigenvalue weighted by Crippen LogP contribution is 2.22. The van der Waals surface area contributed by atoms with Gasteiger partial charge in [0.15, 0.2) is 0 Å². The van der Waals surface area contributed by atoms with Gasteiger partial charge in [0, 0.05) is 30.1 Å². The summed E-state index contributed by atoms with van der Waals surface area (Å²) in [7, 11) is 4.15. The third kappa shape index (κ3) is 3.61. The fourth-order valence-electron chi connectivity index (χ4n) is 2.51. The van der Waals surface area contributed by atoms with Crippen LogP contribution in [0.25, 0.3) is 10.9 Å². The van der Waals surface area contributed by atoms with Gasteiger partial charge in [0.05, 0.1) is 0 Å². The van der Waals surface area contributed by atoms with Gasteiger partial charge in [-0.05, 0) is 45.1 Å². The molecule has 0 saturated heterocycles. The van der Waals surface area contributed by atoms with E-state index in [1.807, 2.05) is 12.1 Å². The highest BCUT2D eigenvalue weighted by molar-refractivity contribution is 5.84. The maximum atomic E-state index is 10.8. The number of rotatable bonds is 7. The molecule has 0 bridgehead atoms. The van der Waals surface area contributed by atoms with Crippen LogP contribution in [0.1, 0.15) is 18.4 Å². The molecule has 0 spiro atoms. The number of para-hydroxylation sites is 1. The summed E-state index contributed by atoms with van der Waals surface area (Å²) in [4.78, 5) is 12.9. The molecule has 2 aromatic rings. The third-order valence-corrected chi connectivity index (χ3v) is 3.48. The average Bonchev–Trinajstić information content (AvgIpc) is 2.75. The minimum absolute atomic E-state index is 0.186. The molecular weight excluding hydrogens is 252 g/mol. The highest BCUT2D eigenvalue weighted by atomic mass is 16.4. The molecule has 0 aliphatic rings. The monoisotopic (exact) mass is 274 g/mol. The van der Waals surface area contributed by atoms with Gasteiger partial charge in [-0.3, -0.25) is 4.79 Å². The molecule has 1 heterocycles. The predicted molar refractivity (Wildman–Crippen MR) is 81.1 cm³/mol. The van der Waals surface area contributed by atoms with Crippen molar-refractivity contribution in [3.63, 3.8) is 0 Å². The molecule has 1 aromatic carbocycles. The minimum Gasteiger partial charge on any atom is -0.481 e. The maximum Gasteiger partial charge on any atom is 0.303 e. The van der Waals surface area contributed by atoms with E-state index in [1.165, 1.54) is 10.9 Å². The van der Waals surface area contributed by atoms with Crippen LogP contribution in [0.4, 0.5) is 0 Å². The van der Waals surface area contributed by atoms with Crippen molar-refractivity contribution in [2.24, 2.45) is 0 Å². The average molecular weight is 274 g/mol. The van der Waals surface area contributed by atoms with Crippen LogP contribution in [0.3, 0.4) is 0 Å². The Labute approximate surface area is 119 Å². The number of benzene rings is 1. The zero-order valence-electron chi connectivity index (χ0n) is 12.2. The van der Waals surface area contributed by atoms with E-state index in [-0.39, 0.29) is 6.42 Å². The van der Waals surface area contributed by atoms with Crippen LogP contribution in [0.5, 0.6) is 0 Å². The first kappa shape index (κ1) is 14.6. The summed E-state index contributed by atoms with van der Waals surface area (Å²) in [5.41, 5.74) is 2.33. The van der Waals surface area contributed by atoms with Crippen LogP contribution in [-0.2, 0) is 17.8 Å². The molecule has 0 radical (unpaired) electrons. The zero-order valence-corrected chi connectivity index (χ0v) is 12.2. The number of aliphatic carboxylic acids is 1. The molecule has 1 aromatic heterocycles. The number of carbonyl (C=O) groups is 1. The Bertz CT molecular complexity index is 587. The fourth-order valence-corrected chi connectivity index (χ4v) is 2.51. The van der Waals surface area contributed by atoms with E-state index in [0.717, 1.165) is 25.1 Å². The van der Waals surface area contributed by atoms with Gasteiger partial charge >= 0.3 is 5.97 Å². The number of fused-ring (bicyclic) bond motifs is 1.